The van der Waals surface area contributed by atoms with Crippen molar-refractivity contribution in [3.05, 3.63) is 58.1 Å². The molecule has 0 aromatic heterocycles. The first-order chi connectivity index (χ1) is 14.4. The molecule has 2 aromatic rings. The van der Waals surface area contributed by atoms with Crippen molar-refractivity contribution >= 4 is 29.3 Å². The monoisotopic (exact) mass is 448 g/mol. The van der Waals surface area contributed by atoms with Crippen molar-refractivity contribution in [2.45, 2.75) is 24.8 Å². The van der Waals surface area contributed by atoms with Gasteiger partial charge >= 0.3 is 0 Å². The predicted molar refractivity (Wildman–Crippen MR) is 124 cm³/mol. The van der Waals surface area contributed by atoms with Gasteiger partial charge in [0.05, 0.1) is 31.0 Å². The van der Waals surface area contributed by atoms with E-state index in [9.17, 15) is 4.79 Å². The van der Waals surface area contributed by atoms with Crippen molar-refractivity contribution in [3.8, 4) is 11.5 Å². The van der Waals surface area contributed by atoms with Gasteiger partial charge in [-0.1, -0.05) is 42.8 Å². The lowest BCUT2D eigenvalue weighted by atomic mass is 10.0. The fourth-order valence-corrected chi connectivity index (χ4v) is 5.21. The summed E-state index contributed by atoms with van der Waals surface area (Å²) in [5.74, 6) is 1.66. The summed E-state index contributed by atoms with van der Waals surface area (Å²) in [5, 5.41) is 0.359. The summed E-state index contributed by atoms with van der Waals surface area (Å²) in [6.07, 6.45) is 1.01. The standard InChI is InChI=1S/C23H29ClN2O3S/c1-6-15-7-9-16(10-8-15)19(25(2)3)13-26-21(27)14-30-23(26)17-11-18(24)22(29-5)20(12-17)28-4/h7-12,19,23H,6,13-14H2,1-5H3. The third-order valence-electron chi connectivity index (χ3n) is 5.47. The lowest BCUT2D eigenvalue weighted by molar-refractivity contribution is -0.128. The highest BCUT2D eigenvalue weighted by Crippen LogP contribution is 2.45. The Hall–Kier alpha value is -1.89. The molecular formula is C23H29ClN2O3S. The van der Waals surface area contributed by atoms with Crippen LogP contribution in [0.1, 0.15) is 35.0 Å². The largest absolute Gasteiger partial charge is 0.493 e. The highest BCUT2D eigenvalue weighted by Gasteiger charge is 2.36. The lowest BCUT2D eigenvalue weighted by Gasteiger charge is -2.33. The Kier molecular flexibility index (Phi) is 7.55. The Morgan fingerprint density at radius 3 is 2.47 bits per heavy atom. The molecule has 0 saturated carbocycles. The Balaban J connectivity index is 1.91. The number of thioether (sulfide) groups is 1. The minimum Gasteiger partial charge on any atom is -0.493 e. The number of rotatable bonds is 8. The van der Waals surface area contributed by atoms with E-state index in [1.54, 1.807) is 26.0 Å². The third-order valence-corrected chi connectivity index (χ3v) is 7.01. The van der Waals surface area contributed by atoms with E-state index in [0.717, 1.165) is 12.0 Å². The number of aryl methyl sites for hydroxylation is 1. The van der Waals surface area contributed by atoms with E-state index in [0.29, 0.717) is 28.8 Å². The first-order valence-corrected chi connectivity index (χ1v) is 11.4. The Bertz CT molecular complexity index is 889. The summed E-state index contributed by atoms with van der Waals surface area (Å²) < 4.78 is 10.8. The fraction of sp³-hybridized carbons (Fsp3) is 0.435. The van der Waals surface area contributed by atoms with Gasteiger partial charge in [-0.3, -0.25) is 4.79 Å². The van der Waals surface area contributed by atoms with Crippen molar-refractivity contribution in [1.29, 1.82) is 0 Å². The molecule has 2 atom stereocenters. The molecule has 7 heteroatoms. The maximum Gasteiger partial charge on any atom is 0.233 e. The molecule has 1 heterocycles. The number of amides is 1. The maximum atomic E-state index is 12.8. The Labute approximate surface area is 188 Å². The van der Waals surface area contributed by atoms with Crippen LogP contribution in [0.25, 0.3) is 0 Å². The zero-order chi connectivity index (χ0) is 21.8. The number of benzene rings is 2. The molecule has 1 saturated heterocycles. The molecule has 1 aliphatic rings. The third kappa shape index (κ3) is 4.71. The molecule has 0 aliphatic carbocycles. The van der Waals surface area contributed by atoms with Gasteiger partial charge in [-0.05, 0) is 49.3 Å². The lowest BCUT2D eigenvalue weighted by Crippen LogP contribution is -2.37. The minimum absolute atomic E-state index is 0.0941. The van der Waals surface area contributed by atoms with Crippen LogP contribution in [0.15, 0.2) is 36.4 Å². The van der Waals surface area contributed by atoms with E-state index in [-0.39, 0.29) is 17.3 Å². The summed E-state index contributed by atoms with van der Waals surface area (Å²) in [5.41, 5.74) is 3.44. The van der Waals surface area contributed by atoms with Crippen molar-refractivity contribution in [2.75, 3.05) is 40.6 Å². The highest BCUT2D eigenvalue weighted by atomic mass is 35.5. The van der Waals surface area contributed by atoms with Crippen molar-refractivity contribution < 1.29 is 14.3 Å². The molecule has 1 amide bonds. The molecule has 30 heavy (non-hydrogen) atoms. The van der Waals surface area contributed by atoms with Gasteiger partial charge in [0.2, 0.25) is 5.91 Å². The number of carbonyl (C=O) groups excluding carboxylic acids is 1. The molecule has 1 fully saturated rings. The molecular weight excluding hydrogens is 420 g/mol. The first-order valence-electron chi connectivity index (χ1n) is 9.97. The normalized spacial score (nSPS) is 17.5. The number of halogens is 1. The zero-order valence-corrected chi connectivity index (χ0v) is 19.7. The summed E-state index contributed by atoms with van der Waals surface area (Å²) in [6, 6.07) is 12.5. The molecule has 3 rings (SSSR count). The second kappa shape index (κ2) is 9.94. The molecule has 2 unspecified atom stereocenters. The van der Waals surface area contributed by atoms with Crippen LogP contribution in [-0.2, 0) is 11.2 Å². The van der Waals surface area contributed by atoms with Crippen LogP contribution in [0.4, 0.5) is 0 Å². The van der Waals surface area contributed by atoms with Crippen LogP contribution < -0.4 is 9.47 Å². The molecule has 0 radical (unpaired) electrons. The summed E-state index contributed by atoms with van der Waals surface area (Å²) >= 11 is 8.04. The number of ether oxygens (including phenoxy) is 2. The van der Waals surface area contributed by atoms with E-state index in [1.165, 1.54) is 11.1 Å². The zero-order valence-electron chi connectivity index (χ0n) is 18.1. The molecule has 0 bridgehead atoms. The van der Waals surface area contributed by atoms with Crippen LogP contribution in [-0.4, -0.2) is 56.3 Å². The number of hydrogen-bond donors (Lipinski definition) is 0. The quantitative estimate of drug-likeness (QED) is 0.580. The number of hydrogen-bond acceptors (Lipinski definition) is 5. The van der Waals surface area contributed by atoms with E-state index in [4.69, 9.17) is 21.1 Å². The van der Waals surface area contributed by atoms with Gasteiger partial charge in [0.25, 0.3) is 0 Å². The first kappa shape index (κ1) is 22.8. The number of likely N-dealkylation sites (N-methyl/N-ethyl adjacent to an activating group) is 1. The Morgan fingerprint density at radius 2 is 1.90 bits per heavy atom. The molecule has 1 aliphatic heterocycles. The van der Waals surface area contributed by atoms with Crippen molar-refractivity contribution in [1.82, 2.24) is 9.80 Å². The average Bonchev–Trinajstić information content (AvgIpc) is 3.11. The molecule has 0 spiro atoms. The van der Waals surface area contributed by atoms with E-state index < -0.39 is 0 Å². The van der Waals surface area contributed by atoms with Crippen molar-refractivity contribution in [2.24, 2.45) is 0 Å². The van der Waals surface area contributed by atoms with Crippen LogP contribution in [0.3, 0.4) is 0 Å². The van der Waals surface area contributed by atoms with Gasteiger partial charge in [-0.25, -0.2) is 0 Å². The summed E-state index contributed by atoms with van der Waals surface area (Å²) in [7, 11) is 7.25. The fourth-order valence-electron chi connectivity index (χ4n) is 3.74. The van der Waals surface area contributed by atoms with E-state index in [1.807, 2.05) is 31.1 Å². The van der Waals surface area contributed by atoms with Gasteiger partial charge in [0, 0.05) is 6.54 Å². The maximum absolute atomic E-state index is 12.8. The SMILES string of the molecule is CCc1ccc(C(CN2C(=O)CSC2c2cc(Cl)c(OC)c(OC)c2)N(C)C)cc1. The number of nitrogens with zero attached hydrogens (tertiary/aromatic N) is 2. The summed E-state index contributed by atoms with van der Waals surface area (Å²) in [6.45, 7) is 2.75. The second-order valence-corrected chi connectivity index (χ2v) is 9.00. The van der Waals surface area contributed by atoms with Crippen LogP contribution >= 0.6 is 23.4 Å². The molecule has 162 valence electrons. The van der Waals surface area contributed by atoms with Gasteiger partial charge in [0.1, 0.15) is 5.37 Å². The van der Waals surface area contributed by atoms with Gasteiger partial charge in [0.15, 0.2) is 11.5 Å². The molecule has 2 aromatic carbocycles. The van der Waals surface area contributed by atoms with Gasteiger partial charge in [-0.2, -0.15) is 0 Å². The summed E-state index contributed by atoms with van der Waals surface area (Å²) in [4.78, 5) is 16.9. The van der Waals surface area contributed by atoms with Crippen LogP contribution in [0.2, 0.25) is 5.02 Å². The van der Waals surface area contributed by atoms with Gasteiger partial charge < -0.3 is 19.3 Å². The van der Waals surface area contributed by atoms with Crippen LogP contribution in [0.5, 0.6) is 11.5 Å². The van der Waals surface area contributed by atoms with Gasteiger partial charge in [-0.15, -0.1) is 11.8 Å². The second-order valence-electron chi connectivity index (χ2n) is 7.52. The highest BCUT2D eigenvalue weighted by molar-refractivity contribution is 8.00. The smallest absolute Gasteiger partial charge is 0.233 e. The Morgan fingerprint density at radius 1 is 1.20 bits per heavy atom. The average molecular weight is 449 g/mol. The molecule has 5 nitrogen and oxygen atoms in total. The number of carbonyl (C=O) groups is 1. The van der Waals surface area contributed by atoms with E-state index >= 15 is 0 Å². The van der Waals surface area contributed by atoms with Crippen LogP contribution in [0, 0.1) is 0 Å². The molecule has 0 N–H and O–H groups in total. The topological polar surface area (TPSA) is 42.0 Å². The number of methoxy groups -OCH3 is 2. The van der Waals surface area contributed by atoms with Crippen molar-refractivity contribution in [3.63, 3.8) is 0 Å². The van der Waals surface area contributed by atoms with E-state index in [2.05, 4.69) is 36.1 Å². The predicted octanol–water partition coefficient (Wildman–Crippen LogP) is 4.80. The minimum atomic E-state index is -0.118.